The van der Waals surface area contributed by atoms with Crippen LogP contribution in [0.2, 0.25) is 0 Å². The molecule has 0 saturated heterocycles. The molecule has 114 valence electrons. The predicted octanol–water partition coefficient (Wildman–Crippen LogP) is 4.30. The highest BCUT2D eigenvalue weighted by Crippen LogP contribution is 2.23. The number of thiazole rings is 1. The molecular formula is C17H24N2OS. The van der Waals surface area contributed by atoms with Crippen molar-refractivity contribution in [2.75, 3.05) is 6.61 Å². The van der Waals surface area contributed by atoms with E-state index in [0.717, 1.165) is 41.5 Å². The highest BCUT2D eigenvalue weighted by molar-refractivity contribution is 7.09. The van der Waals surface area contributed by atoms with E-state index in [0.29, 0.717) is 5.92 Å². The number of hydrogen-bond donors (Lipinski definition) is 1. The Hall–Kier alpha value is -1.39. The maximum atomic E-state index is 6.29. The van der Waals surface area contributed by atoms with Gasteiger partial charge in [0.1, 0.15) is 5.75 Å². The fraction of sp³-hybridized carbons (Fsp3) is 0.471. The molecule has 2 rings (SSSR count). The Morgan fingerprint density at radius 2 is 1.95 bits per heavy atom. The molecule has 4 heteroatoms. The van der Waals surface area contributed by atoms with Gasteiger partial charge in [-0.3, -0.25) is 0 Å². The maximum Gasteiger partial charge on any atom is 0.119 e. The third kappa shape index (κ3) is 4.55. The van der Waals surface area contributed by atoms with E-state index in [9.17, 15) is 0 Å². The average molecular weight is 304 g/mol. The van der Waals surface area contributed by atoms with Crippen LogP contribution in [0.5, 0.6) is 5.75 Å². The van der Waals surface area contributed by atoms with Gasteiger partial charge in [0.05, 0.1) is 17.3 Å². The van der Waals surface area contributed by atoms with Crippen molar-refractivity contribution in [1.29, 1.82) is 0 Å². The number of benzene rings is 1. The molecule has 0 spiro atoms. The zero-order valence-electron chi connectivity index (χ0n) is 13.0. The highest BCUT2D eigenvalue weighted by atomic mass is 32.1. The second-order valence-electron chi connectivity index (χ2n) is 5.55. The second-order valence-corrected chi connectivity index (χ2v) is 6.49. The molecule has 2 aromatic rings. The van der Waals surface area contributed by atoms with E-state index in [-0.39, 0.29) is 6.04 Å². The topological polar surface area (TPSA) is 48.1 Å². The number of nitrogens with zero attached hydrogens (tertiary/aromatic N) is 1. The molecular weight excluding hydrogens is 280 g/mol. The molecule has 0 aliphatic heterocycles. The van der Waals surface area contributed by atoms with Crippen LogP contribution in [0.4, 0.5) is 0 Å². The van der Waals surface area contributed by atoms with Crippen molar-refractivity contribution in [3.63, 3.8) is 0 Å². The van der Waals surface area contributed by atoms with Crippen LogP contribution >= 0.6 is 11.3 Å². The number of aromatic nitrogens is 1. The van der Waals surface area contributed by atoms with Gasteiger partial charge in [-0.25, -0.2) is 4.98 Å². The molecule has 0 amide bonds. The van der Waals surface area contributed by atoms with Crippen LogP contribution < -0.4 is 10.5 Å². The van der Waals surface area contributed by atoms with Crippen molar-refractivity contribution in [2.45, 2.75) is 45.6 Å². The molecule has 3 nitrogen and oxygen atoms in total. The molecule has 0 fully saturated rings. The van der Waals surface area contributed by atoms with Gasteiger partial charge in [0.2, 0.25) is 0 Å². The molecule has 1 aromatic carbocycles. The number of nitrogens with two attached hydrogens (primary N) is 1. The Labute approximate surface area is 131 Å². The van der Waals surface area contributed by atoms with E-state index in [4.69, 9.17) is 10.5 Å². The summed E-state index contributed by atoms with van der Waals surface area (Å²) in [4.78, 5) is 4.65. The van der Waals surface area contributed by atoms with Crippen molar-refractivity contribution in [1.82, 2.24) is 4.98 Å². The Morgan fingerprint density at radius 3 is 2.52 bits per heavy atom. The molecule has 2 N–H and O–H groups in total. The van der Waals surface area contributed by atoms with Gasteiger partial charge in [-0.15, -0.1) is 11.3 Å². The van der Waals surface area contributed by atoms with E-state index in [2.05, 4.69) is 31.1 Å². The third-order valence-corrected chi connectivity index (χ3v) is 4.23. The summed E-state index contributed by atoms with van der Waals surface area (Å²) in [5.41, 5.74) is 8.57. The summed E-state index contributed by atoms with van der Waals surface area (Å²) < 4.78 is 5.59. The van der Waals surface area contributed by atoms with Gasteiger partial charge in [0.25, 0.3) is 0 Å². The Balaban J connectivity index is 1.97. The summed E-state index contributed by atoms with van der Waals surface area (Å²) in [6, 6.07) is 8.06. The zero-order chi connectivity index (χ0) is 15.2. The van der Waals surface area contributed by atoms with Crippen molar-refractivity contribution in [3.8, 4) is 5.75 Å². The van der Waals surface area contributed by atoms with E-state index < -0.39 is 0 Å². The molecule has 21 heavy (non-hydrogen) atoms. The summed E-state index contributed by atoms with van der Waals surface area (Å²) in [5, 5.41) is 3.24. The van der Waals surface area contributed by atoms with E-state index in [1.165, 1.54) is 0 Å². The van der Waals surface area contributed by atoms with Crippen molar-refractivity contribution >= 4 is 11.3 Å². The fourth-order valence-corrected chi connectivity index (χ4v) is 3.04. The Morgan fingerprint density at radius 1 is 1.24 bits per heavy atom. The van der Waals surface area contributed by atoms with Crippen molar-refractivity contribution in [3.05, 3.63) is 45.9 Å². The minimum absolute atomic E-state index is 0.0172. The van der Waals surface area contributed by atoms with Crippen LogP contribution in [0, 0.1) is 0 Å². The normalized spacial score (nSPS) is 12.6. The number of ether oxygens (including phenoxy) is 1. The molecule has 0 radical (unpaired) electrons. The zero-order valence-corrected chi connectivity index (χ0v) is 13.8. The first-order valence-corrected chi connectivity index (χ1v) is 8.40. The molecule has 1 aromatic heterocycles. The molecule has 1 unspecified atom stereocenters. The largest absolute Gasteiger partial charge is 0.494 e. The predicted molar refractivity (Wildman–Crippen MR) is 89.1 cm³/mol. The summed E-state index contributed by atoms with van der Waals surface area (Å²) >= 11 is 1.70. The lowest BCUT2D eigenvalue weighted by atomic mass is 10.0. The van der Waals surface area contributed by atoms with Crippen LogP contribution in [0.1, 0.15) is 55.4 Å². The lowest BCUT2D eigenvalue weighted by molar-refractivity contribution is 0.317. The number of rotatable bonds is 7. The molecule has 1 atom stereocenters. The lowest BCUT2D eigenvalue weighted by Gasteiger charge is -2.11. The lowest BCUT2D eigenvalue weighted by Crippen LogP contribution is -2.13. The molecule has 0 bridgehead atoms. The van der Waals surface area contributed by atoms with Gasteiger partial charge in [-0.1, -0.05) is 32.9 Å². The van der Waals surface area contributed by atoms with Gasteiger partial charge >= 0.3 is 0 Å². The van der Waals surface area contributed by atoms with Gasteiger partial charge in [0, 0.05) is 17.8 Å². The fourth-order valence-electron chi connectivity index (χ4n) is 2.02. The number of hydrogen-bond acceptors (Lipinski definition) is 4. The summed E-state index contributed by atoms with van der Waals surface area (Å²) in [7, 11) is 0. The van der Waals surface area contributed by atoms with Gasteiger partial charge in [0.15, 0.2) is 0 Å². The standard InChI is InChI=1S/C17H24N2OS/c1-4-9-20-14-7-5-13(6-8-14)15(18)10-17-19-16(11-21-17)12(2)3/h5-8,11-12,15H,4,9-10,18H2,1-3H3. The SMILES string of the molecule is CCCOc1ccc(C(N)Cc2nc(C(C)C)cs2)cc1. The summed E-state index contributed by atoms with van der Waals surface area (Å²) in [6.45, 7) is 7.17. The van der Waals surface area contributed by atoms with Gasteiger partial charge in [-0.2, -0.15) is 0 Å². The smallest absolute Gasteiger partial charge is 0.119 e. The molecule has 0 aliphatic carbocycles. The van der Waals surface area contributed by atoms with Crippen LogP contribution in [-0.4, -0.2) is 11.6 Å². The quantitative estimate of drug-likeness (QED) is 0.829. The summed E-state index contributed by atoms with van der Waals surface area (Å²) in [6.07, 6.45) is 1.80. The van der Waals surface area contributed by atoms with E-state index in [1.807, 2.05) is 24.3 Å². The van der Waals surface area contributed by atoms with Gasteiger partial charge < -0.3 is 10.5 Å². The average Bonchev–Trinajstić information content (AvgIpc) is 2.94. The Bertz CT molecular complexity index is 548. The van der Waals surface area contributed by atoms with E-state index >= 15 is 0 Å². The third-order valence-electron chi connectivity index (χ3n) is 3.34. The monoisotopic (exact) mass is 304 g/mol. The summed E-state index contributed by atoms with van der Waals surface area (Å²) in [5.74, 6) is 1.38. The maximum absolute atomic E-state index is 6.29. The molecule has 1 heterocycles. The van der Waals surface area contributed by atoms with Crippen LogP contribution in [-0.2, 0) is 6.42 Å². The first-order chi connectivity index (χ1) is 10.1. The van der Waals surface area contributed by atoms with Gasteiger partial charge in [-0.05, 0) is 30.0 Å². The van der Waals surface area contributed by atoms with Crippen LogP contribution in [0.15, 0.2) is 29.6 Å². The minimum Gasteiger partial charge on any atom is -0.494 e. The van der Waals surface area contributed by atoms with E-state index in [1.54, 1.807) is 11.3 Å². The first-order valence-electron chi connectivity index (χ1n) is 7.52. The Kier molecular flexibility index (Phi) is 5.76. The molecule has 0 saturated carbocycles. The molecule has 0 aliphatic rings. The second kappa shape index (κ2) is 7.57. The minimum atomic E-state index is -0.0172. The van der Waals surface area contributed by atoms with Crippen molar-refractivity contribution in [2.24, 2.45) is 5.73 Å². The first kappa shape index (κ1) is 16.0. The van der Waals surface area contributed by atoms with Crippen LogP contribution in [0.25, 0.3) is 0 Å². The highest BCUT2D eigenvalue weighted by Gasteiger charge is 2.11. The van der Waals surface area contributed by atoms with Crippen molar-refractivity contribution < 1.29 is 4.74 Å². The van der Waals surface area contributed by atoms with Crippen LogP contribution in [0.3, 0.4) is 0 Å².